The van der Waals surface area contributed by atoms with Crippen molar-refractivity contribution in [2.75, 3.05) is 6.61 Å². The SMILES string of the molecule is C=CCCCCCO/C(C)=C/C=C/I. The largest absolute Gasteiger partial charge is 0.498 e. The third-order valence-electron chi connectivity index (χ3n) is 1.79. The summed E-state index contributed by atoms with van der Waals surface area (Å²) in [4.78, 5) is 0. The first kappa shape index (κ1) is 13.8. The van der Waals surface area contributed by atoms with Crippen LogP contribution in [-0.2, 0) is 4.74 Å². The van der Waals surface area contributed by atoms with Crippen molar-refractivity contribution in [3.05, 3.63) is 34.6 Å². The zero-order chi connectivity index (χ0) is 10.6. The molecule has 0 saturated carbocycles. The molecular weight excluding hydrogens is 287 g/mol. The number of allylic oxidation sites excluding steroid dienone is 4. The Labute approximate surface area is 101 Å². The Morgan fingerprint density at radius 2 is 2.14 bits per heavy atom. The van der Waals surface area contributed by atoms with E-state index >= 15 is 0 Å². The van der Waals surface area contributed by atoms with E-state index in [1.165, 1.54) is 12.8 Å². The van der Waals surface area contributed by atoms with Crippen LogP contribution < -0.4 is 0 Å². The third-order valence-corrected chi connectivity index (χ3v) is 2.20. The summed E-state index contributed by atoms with van der Waals surface area (Å²) >= 11 is 2.19. The van der Waals surface area contributed by atoms with Crippen molar-refractivity contribution in [2.24, 2.45) is 0 Å². The summed E-state index contributed by atoms with van der Waals surface area (Å²) < 4.78 is 7.47. The maximum absolute atomic E-state index is 5.50. The Kier molecular flexibility index (Phi) is 10.6. The van der Waals surface area contributed by atoms with Gasteiger partial charge in [-0.3, -0.25) is 0 Å². The van der Waals surface area contributed by atoms with Crippen LogP contribution in [0.2, 0.25) is 0 Å². The lowest BCUT2D eigenvalue weighted by Crippen LogP contribution is -1.91. The van der Waals surface area contributed by atoms with Gasteiger partial charge < -0.3 is 4.74 Å². The fourth-order valence-electron chi connectivity index (χ4n) is 1.02. The Hall–Kier alpha value is -0.250. The van der Waals surface area contributed by atoms with E-state index in [0.29, 0.717) is 0 Å². The van der Waals surface area contributed by atoms with E-state index in [-0.39, 0.29) is 0 Å². The van der Waals surface area contributed by atoms with Crippen LogP contribution in [0.25, 0.3) is 0 Å². The van der Waals surface area contributed by atoms with Crippen LogP contribution >= 0.6 is 22.6 Å². The van der Waals surface area contributed by atoms with Gasteiger partial charge >= 0.3 is 0 Å². The normalized spacial score (nSPS) is 12.0. The predicted octanol–water partition coefficient (Wildman–Crippen LogP) is 4.60. The molecule has 0 amide bonds. The molecule has 80 valence electrons. The van der Waals surface area contributed by atoms with Crippen molar-refractivity contribution >= 4 is 22.6 Å². The second kappa shape index (κ2) is 10.8. The lowest BCUT2D eigenvalue weighted by atomic mass is 10.2. The third kappa shape index (κ3) is 9.84. The van der Waals surface area contributed by atoms with Gasteiger partial charge in [0.1, 0.15) is 0 Å². The fourth-order valence-corrected chi connectivity index (χ4v) is 1.23. The molecule has 0 rings (SSSR count). The summed E-state index contributed by atoms with van der Waals surface area (Å²) in [6, 6.07) is 0. The minimum Gasteiger partial charge on any atom is -0.498 e. The highest BCUT2D eigenvalue weighted by molar-refractivity contribution is 14.1. The Morgan fingerprint density at radius 1 is 1.36 bits per heavy atom. The highest BCUT2D eigenvalue weighted by Gasteiger charge is 1.90. The molecule has 0 aliphatic heterocycles. The number of ether oxygens (including phenoxy) is 1. The quantitative estimate of drug-likeness (QED) is 0.209. The van der Waals surface area contributed by atoms with Gasteiger partial charge in [0.05, 0.1) is 12.4 Å². The maximum Gasteiger partial charge on any atom is 0.0928 e. The van der Waals surface area contributed by atoms with E-state index in [1.807, 2.05) is 29.2 Å². The number of rotatable bonds is 8. The number of hydrogen-bond donors (Lipinski definition) is 0. The number of halogens is 1. The summed E-state index contributed by atoms with van der Waals surface area (Å²) in [5.41, 5.74) is 0. The van der Waals surface area contributed by atoms with E-state index in [2.05, 4.69) is 29.2 Å². The fraction of sp³-hybridized carbons (Fsp3) is 0.500. The van der Waals surface area contributed by atoms with Gasteiger partial charge in [0, 0.05) is 0 Å². The molecule has 1 nitrogen and oxygen atoms in total. The molecule has 2 heteroatoms. The van der Waals surface area contributed by atoms with Gasteiger partial charge in [-0.2, -0.15) is 0 Å². The first-order valence-electron chi connectivity index (χ1n) is 4.98. The van der Waals surface area contributed by atoms with Crippen molar-refractivity contribution < 1.29 is 4.74 Å². The Morgan fingerprint density at radius 3 is 2.79 bits per heavy atom. The van der Waals surface area contributed by atoms with Gasteiger partial charge in [0.15, 0.2) is 0 Å². The topological polar surface area (TPSA) is 9.23 Å². The number of unbranched alkanes of at least 4 members (excludes halogenated alkanes) is 3. The summed E-state index contributed by atoms with van der Waals surface area (Å²) in [6.45, 7) is 6.51. The van der Waals surface area contributed by atoms with E-state index in [9.17, 15) is 0 Å². The lowest BCUT2D eigenvalue weighted by molar-refractivity contribution is 0.207. The van der Waals surface area contributed by atoms with E-state index in [1.54, 1.807) is 0 Å². The molecular formula is C12H19IO. The molecule has 0 atom stereocenters. The minimum atomic E-state index is 0.828. The van der Waals surface area contributed by atoms with Crippen LogP contribution in [0, 0.1) is 0 Å². The van der Waals surface area contributed by atoms with Crippen molar-refractivity contribution in [2.45, 2.75) is 32.6 Å². The molecule has 0 spiro atoms. The highest BCUT2D eigenvalue weighted by atomic mass is 127. The van der Waals surface area contributed by atoms with E-state index in [4.69, 9.17) is 4.74 Å². The maximum atomic E-state index is 5.50. The van der Waals surface area contributed by atoms with Crippen LogP contribution in [0.15, 0.2) is 34.6 Å². The van der Waals surface area contributed by atoms with Gasteiger partial charge in [-0.25, -0.2) is 0 Å². The second-order valence-corrected chi connectivity index (χ2v) is 3.80. The van der Waals surface area contributed by atoms with Gasteiger partial charge in [0.2, 0.25) is 0 Å². The summed E-state index contributed by atoms with van der Waals surface area (Å²) in [6.07, 6.45) is 10.6. The van der Waals surface area contributed by atoms with Crippen LogP contribution in [0.1, 0.15) is 32.6 Å². The minimum absolute atomic E-state index is 0.828. The monoisotopic (exact) mass is 306 g/mol. The molecule has 14 heavy (non-hydrogen) atoms. The van der Waals surface area contributed by atoms with Crippen molar-refractivity contribution in [1.82, 2.24) is 0 Å². The van der Waals surface area contributed by atoms with Gasteiger partial charge in [-0.05, 0) is 42.8 Å². The molecule has 0 aliphatic carbocycles. The second-order valence-electron chi connectivity index (χ2n) is 3.08. The first-order valence-corrected chi connectivity index (χ1v) is 6.23. The predicted molar refractivity (Wildman–Crippen MR) is 71.5 cm³/mol. The average molecular weight is 306 g/mol. The molecule has 0 unspecified atom stereocenters. The van der Waals surface area contributed by atoms with Crippen molar-refractivity contribution in [3.63, 3.8) is 0 Å². The van der Waals surface area contributed by atoms with Crippen LogP contribution in [-0.4, -0.2) is 6.61 Å². The highest BCUT2D eigenvalue weighted by Crippen LogP contribution is 2.03. The van der Waals surface area contributed by atoms with Crippen LogP contribution in [0.4, 0.5) is 0 Å². The Bertz CT molecular complexity index is 194. The molecule has 0 fully saturated rings. The Balaban J connectivity index is 3.31. The van der Waals surface area contributed by atoms with Gasteiger partial charge in [-0.1, -0.05) is 34.7 Å². The van der Waals surface area contributed by atoms with Crippen LogP contribution in [0.5, 0.6) is 0 Å². The van der Waals surface area contributed by atoms with Crippen molar-refractivity contribution in [1.29, 1.82) is 0 Å². The molecule has 0 aromatic heterocycles. The molecule has 0 aromatic rings. The zero-order valence-corrected chi connectivity index (χ0v) is 11.0. The summed E-state index contributed by atoms with van der Waals surface area (Å²) in [7, 11) is 0. The summed E-state index contributed by atoms with van der Waals surface area (Å²) in [5.74, 6) is 0.988. The molecule has 0 aromatic carbocycles. The molecule has 0 bridgehead atoms. The van der Waals surface area contributed by atoms with Crippen LogP contribution in [0.3, 0.4) is 0 Å². The average Bonchev–Trinajstić information content (AvgIpc) is 2.20. The number of hydrogen-bond acceptors (Lipinski definition) is 1. The smallest absolute Gasteiger partial charge is 0.0928 e. The molecule has 0 heterocycles. The summed E-state index contributed by atoms with van der Waals surface area (Å²) in [5, 5.41) is 0. The van der Waals surface area contributed by atoms with E-state index < -0.39 is 0 Å². The first-order chi connectivity index (χ1) is 6.81. The molecule has 0 aliphatic rings. The van der Waals surface area contributed by atoms with Gasteiger partial charge in [0.25, 0.3) is 0 Å². The molecule has 0 radical (unpaired) electrons. The standard InChI is InChI=1S/C12H19IO/c1-3-4-5-6-7-11-14-12(2)9-8-10-13/h3,8-10H,1,4-7,11H2,2H3/b10-8+,12-9+. The lowest BCUT2D eigenvalue weighted by Gasteiger charge is -2.04. The van der Waals surface area contributed by atoms with Gasteiger partial charge in [-0.15, -0.1) is 6.58 Å². The van der Waals surface area contributed by atoms with Crippen molar-refractivity contribution in [3.8, 4) is 0 Å². The van der Waals surface area contributed by atoms with E-state index in [0.717, 1.165) is 25.2 Å². The zero-order valence-electron chi connectivity index (χ0n) is 8.84. The molecule has 0 N–H and O–H groups in total. The molecule has 0 saturated heterocycles.